The monoisotopic (exact) mass is 248 g/mol. The fourth-order valence-electron chi connectivity index (χ4n) is 1.84. The van der Waals surface area contributed by atoms with Crippen LogP contribution in [0.25, 0.3) is 0 Å². The Kier molecular flexibility index (Phi) is 4.11. The number of nitrogens with one attached hydrogen (secondary N) is 1. The molecule has 1 aromatic carbocycles. The number of aliphatic imine (C=N–C) groups is 1. The van der Waals surface area contributed by atoms with Crippen LogP contribution in [0.5, 0.6) is 0 Å². The van der Waals surface area contributed by atoms with Crippen LogP contribution in [-0.2, 0) is 0 Å². The first-order valence-corrected chi connectivity index (χ1v) is 7.18. The standard InChI is InChI=1S/C14H20N2S/c1-10(2)13-8-9-17-14(16-13)15-12-6-4-11(3)5-7-12/h4-7,10,13H,8-9H2,1-3H3,(H,15,16). The number of anilines is 1. The van der Waals surface area contributed by atoms with E-state index in [1.807, 2.05) is 11.8 Å². The quantitative estimate of drug-likeness (QED) is 0.857. The maximum absolute atomic E-state index is 4.77. The smallest absolute Gasteiger partial charge is 0.161 e. The Labute approximate surface area is 108 Å². The second-order valence-corrected chi connectivity index (χ2v) is 5.96. The first-order valence-electron chi connectivity index (χ1n) is 6.19. The molecule has 1 aliphatic rings. The summed E-state index contributed by atoms with van der Waals surface area (Å²) >= 11 is 1.82. The molecule has 0 bridgehead atoms. The van der Waals surface area contributed by atoms with Crippen LogP contribution in [0.15, 0.2) is 29.3 Å². The van der Waals surface area contributed by atoms with Crippen LogP contribution >= 0.6 is 11.8 Å². The van der Waals surface area contributed by atoms with E-state index in [1.54, 1.807) is 0 Å². The summed E-state index contributed by atoms with van der Waals surface area (Å²) in [5.41, 5.74) is 2.42. The van der Waals surface area contributed by atoms with E-state index < -0.39 is 0 Å². The average molecular weight is 248 g/mol. The summed E-state index contributed by atoms with van der Waals surface area (Å²) in [5, 5.41) is 4.47. The van der Waals surface area contributed by atoms with E-state index in [1.165, 1.54) is 17.7 Å². The van der Waals surface area contributed by atoms with Crippen molar-refractivity contribution in [1.82, 2.24) is 0 Å². The molecule has 0 amide bonds. The van der Waals surface area contributed by atoms with Gasteiger partial charge in [0, 0.05) is 11.4 Å². The minimum atomic E-state index is 0.476. The third-order valence-electron chi connectivity index (χ3n) is 3.01. The van der Waals surface area contributed by atoms with E-state index in [2.05, 4.69) is 50.4 Å². The van der Waals surface area contributed by atoms with Crippen molar-refractivity contribution >= 4 is 22.6 Å². The zero-order valence-electron chi connectivity index (χ0n) is 10.7. The van der Waals surface area contributed by atoms with Gasteiger partial charge in [0.15, 0.2) is 5.17 Å². The van der Waals surface area contributed by atoms with E-state index in [4.69, 9.17) is 4.99 Å². The van der Waals surface area contributed by atoms with Crippen LogP contribution in [0.4, 0.5) is 5.69 Å². The number of nitrogens with zero attached hydrogens (tertiary/aromatic N) is 1. The van der Waals surface area contributed by atoms with E-state index >= 15 is 0 Å². The number of rotatable bonds is 2. The summed E-state index contributed by atoms with van der Waals surface area (Å²) < 4.78 is 0. The molecule has 0 saturated heterocycles. The maximum atomic E-state index is 4.77. The highest BCUT2D eigenvalue weighted by molar-refractivity contribution is 8.14. The zero-order valence-corrected chi connectivity index (χ0v) is 11.6. The molecule has 0 aromatic heterocycles. The van der Waals surface area contributed by atoms with Crippen molar-refractivity contribution in [1.29, 1.82) is 0 Å². The van der Waals surface area contributed by atoms with Gasteiger partial charge >= 0.3 is 0 Å². The minimum Gasteiger partial charge on any atom is -0.335 e. The normalized spacial score (nSPS) is 20.2. The van der Waals surface area contributed by atoms with Gasteiger partial charge in [-0.15, -0.1) is 0 Å². The van der Waals surface area contributed by atoms with Crippen molar-refractivity contribution in [2.45, 2.75) is 33.2 Å². The highest BCUT2D eigenvalue weighted by Gasteiger charge is 2.18. The van der Waals surface area contributed by atoms with Crippen molar-refractivity contribution in [2.24, 2.45) is 10.9 Å². The highest BCUT2D eigenvalue weighted by Crippen LogP contribution is 2.23. The Morgan fingerprint density at radius 3 is 2.65 bits per heavy atom. The van der Waals surface area contributed by atoms with E-state index in [9.17, 15) is 0 Å². The molecular formula is C14H20N2S. The SMILES string of the molecule is Cc1ccc(NC2=NC(C(C)C)CCS2)cc1. The molecule has 2 rings (SSSR count). The summed E-state index contributed by atoms with van der Waals surface area (Å²) in [4.78, 5) is 4.77. The predicted molar refractivity (Wildman–Crippen MR) is 77.9 cm³/mol. The summed E-state index contributed by atoms with van der Waals surface area (Å²) in [7, 11) is 0. The molecule has 1 heterocycles. The number of hydrogen-bond donors (Lipinski definition) is 1. The van der Waals surface area contributed by atoms with Crippen molar-refractivity contribution in [2.75, 3.05) is 11.1 Å². The molecule has 17 heavy (non-hydrogen) atoms. The molecule has 1 aliphatic heterocycles. The molecular weight excluding hydrogens is 228 g/mol. The summed E-state index contributed by atoms with van der Waals surface area (Å²) in [6, 6.07) is 8.94. The molecule has 0 aliphatic carbocycles. The van der Waals surface area contributed by atoms with Crippen LogP contribution in [0, 0.1) is 12.8 Å². The summed E-state index contributed by atoms with van der Waals surface area (Å²) in [6.07, 6.45) is 1.20. The average Bonchev–Trinajstić information content (AvgIpc) is 2.32. The second-order valence-electron chi connectivity index (χ2n) is 4.87. The molecule has 0 radical (unpaired) electrons. The van der Waals surface area contributed by atoms with Gasteiger partial charge in [0.1, 0.15) is 0 Å². The summed E-state index contributed by atoms with van der Waals surface area (Å²) in [6.45, 7) is 6.59. The predicted octanol–water partition coefficient (Wildman–Crippen LogP) is 3.92. The van der Waals surface area contributed by atoms with Gasteiger partial charge in [0.2, 0.25) is 0 Å². The molecule has 1 aromatic rings. The first kappa shape index (κ1) is 12.5. The molecule has 1 N–H and O–H groups in total. The number of amidine groups is 1. The lowest BCUT2D eigenvalue weighted by Crippen LogP contribution is -2.23. The Bertz CT molecular complexity index is 395. The fourth-order valence-corrected chi connectivity index (χ4v) is 2.79. The van der Waals surface area contributed by atoms with Gasteiger partial charge in [-0.3, -0.25) is 4.99 Å². The third-order valence-corrected chi connectivity index (χ3v) is 3.93. The van der Waals surface area contributed by atoms with Crippen LogP contribution in [0.3, 0.4) is 0 Å². The van der Waals surface area contributed by atoms with Gasteiger partial charge in [0.25, 0.3) is 0 Å². The molecule has 92 valence electrons. The first-order chi connectivity index (χ1) is 8.15. The lowest BCUT2D eigenvalue weighted by molar-refractivity contribution is 0.485. The minimum absolute atomic E-state index is 0.476. The van der Waals surface area contributed by atoms with Gasteiger partial charge in [-0.25, -0.2) is 0 Å². The van der Waals surface area contributed by atoms with Gasteiger partial charge in [0.05, 0.1) is 6.04 Å². The zero-order chi connectivity index (χ0) is 12.3. The third kappa shape index (κ3) is 3.50. The molecule has 0 saturated carbocycles. The van der Waals surface area contributed by atoms with E-state index in [-0.39, 0.29) is 0 Å². The number of benzene rings is 1. The number of hydrogen-bond acceptors (Lipinski definition) is 3. The second kappa shape index (κ2) is 5.58. The van der Waals surface area contributed by atoms with Gasteiger partial charge in [-0.2, -0.15) is 0 Å². The molecule has 0 fully saturated rings. The van der Waals surface area contributed by atoms with Gasteiger partial charge in [-0.05, 0) is 31.4 Å². The van der Waals surface area contributed by atoms with Crippen molar-refractivity contribution in [3.8, 4) is 0 Å². The van der Waals surface area contributed by atoms with E-state index in [0.29, 0.717) is 12.0 Å². The van der Waals surface area contributed by atoms with E-state index in [0.717, 1.165) is 10.9 Å². The number of aryl methyl sites for hydroxylation is 1. The lowest BCUT2D eigenvalue weighted by atomic mass is 10.0. The lowest BCUT2D eigenvalue weighted by Gasteiger charge is -2.23. The Hall–Kier alpha value is -0.960. The summed E-state index contributed by atoms with van der Waals surface area (Å²) in [5.74, 6) is 1.80. The Morgan fingerprint density at radius 1 is 1.29 bits per heavy atom. The molecule has 3 heteroatoms. The highest BCUT2D eigenvalue weighted by atomic mass is 32.2. The topological polar surface area (TPSA) is 24.4 Å². The molecule has 1 atom stereocenters. The van der Waals surface area contributed by atoms with Crippen molar-refractivity contribution in [3.63, 3.8) is 0 Å². The van der Waals surface area contributed by atoms with Crippen molar-refractivity contribution in [3.05, 3.63) is 29.8 Å². The fraction of sp³-hybridized carbons (Fsp3) is 0.500. The molecule has 2 nitrogen and oxygen atoms in total. The Morgan fingerprint density at radius 2 is 2.00 bits per heavy atom. The molecule has 0 spiro atoms. The number of thioether (sulfide) groups is 1. The van der Waals surface area contributed by atoms with Gasteiger partial charge in [-0.1, -0.05) is 43.3 Å². The Balaban J connectivity index is 2.05. The molecule has 1 unspecified atom stereocenters. The maximum Gasteiger partial charge on any atom is 0.161 e. The van der Waals surface area contributed by atoms with Gasteiger partial charge < -0.3 is 5.32 Å². The van der Waals surface area contributed by atoms with Crippen LogP contribution in [-0.4, -0.2) is 17.0 Å². The van der Waals surface area contributed by atoms with Crippen LogP contribution in [0.2, 0.25) is 0 Å². The largest absolute Gasteiger partial charge is 0.335 e. The van der Waals surface area contributed by atoms with Crippen LogP contribution in [0.1, 0.15) is 25.8 Å². The van der Waals surface area contributed by atoms with Crippen LogP contribution < -0.4 is 5.32 Å². The van der Waals surface area contributed by atoms with Crippen molar-refractivity contribution < 1.29 is 0 Å².